The molecule has 1 radical (unpaired) electrons. The van der Waals surface area contributed by atoms with Gasteiger partial charge < -0.3 is 9.88 Å². The van der Waals surface area contributed by atoms with Crippen molar-refractivity contribution in [3.05, 3.63) is 30.9 Å². The normalized spacial score (nSPS) is 16.8. The molecule has 1 aromatic heterocycles. The molecule has 2 nitrogen and oxygen atoms in total. The summed E-state index contributed by atoms with van der Waals surface area (Å²) in [7, 11) is 0. The summed E-state index contributed by atoms with van der Waals surface area (Å²) >= 11 is 0. The summed E-state index contributed by atoms with van der Waals surface area (Å²) in [6.45, 7) is 6.04. The summed E-state index contributed by atoms with van der Waals surface area (Å²) in [4.78, 5) is 0. The van der Waals surface area contributed by atoms with E-state index in [1.807, 2.05) is 12.1 Å². The van der Waals surface area contributed by atoms with Crippen molar-refractivity contribution < 1.29 is 0 Å². The van der Waals surface area contributed by atoms with E-state index in [0.29, 0.717) is 0 Å². The van der Waals surface area contributed by atoms with Gasteiger partial charge in [-0.3, -0.25) is 0 Å². The fourth-order valence-electron chi connectivity index (χ4n) is 1.34. The molecule has 0 aliphatic heterocycles. The minimum absolute atomic E-state index is 0.814. The maximum atomic E-state index is 3.93. The lowest BCUT2D eigenvalue weighted by atomic mass is 10.5. The van der Waals surface area contributed by atoms with Crippen LogP contribution in [0.25, 0.3) is 0 Å². The Morgan fingerprint density at radius 1 is 1.58 bits per heavy atom. The summed E-state index contributed by atoms with van der Waals surface area (Å²) < 4.78 is 2.18. The van der Waals surface area contributed by atoms with Gasteiger partial charge in [0.1, 0.15) is 0 Å². The molecular weight excluding hydrogens is 148 g/mol. The van der Waals surface area contributed by atoms with Crippen LogP contribution in [0.2, 0.25) is 0 Å². The molecule has 1 aliphatic rings. The highest BCUT2D eigenvalue weighted by atomic mass is 15.0. The van der Waals surface area contributed by atoms with Gasteiger partial charge in [0.05, 0.1) is 0 Å². The van der Waals surface area contributed by atoms with Gasteiger partial charge in [-0.1, -0.05) is 0 Å². The molecule has 2 heteroatoms. The smallest absolute Gasteiger partial charge is 0.0347 e. The number of nitrogens with one attached hydrogen (secondary N) is 1. The van der Waals surface area contributed by atoms with E-state index in [1.165, 1.54) is 12.8 Å². The summed E-state index contributed by atoms with van der Waals surface area (Å²) in [5.74, 6) is 0. The molecule has 0 saturated heterocycles. The van der Waals surface area contributed by atoms with Crippen LogP contribution in [-0.4, -0.2) is 17.2 Å². The number of aromatic nitrogens is 1. The van der Waals surface area contributed by atoms with Crippen molar-refractivity contribution in [1.29, 1.82) is 0 Å². The molecule has 0 atom stereocenters. The van der Waals surface area contributed by atoms with Crippen molar-refractivity contribution in [3.63, 3.8) is 0 Å². The zero-order valence-electron chi connectivity index (χ0n) is 7.29. The predicted molar refractivity (Wildman–Crippen MR) is 49.9 cm³/mol. The molecule has 1 aliphatic carbocycles. The second-order valence-corrected chi connectivity index (χ2v) is 3.42. The topological polar surface area (TPSA) is 17.0 Å². The molecular formula is C10H15N2. The lowest BCUT2D eigenvalue weighted by Gasteiger charge is -2.06. The summed E-state index contributed by atoms with van der Waals surface area (Å²) in [6.07, 6.45) is 4.81. The third kappa shape index (κ3) is 1.89. The van der Waals surface area contributed by atoms with E-state index in [9.17, 15) is 0 Å². The standard InChI is InChI=1S/C10H15N2/c1-9-3-2-7-12(9)8-6-11-10-4-5-10/h2-3,7,10-11H,1,4-6,8H2. The number of nitrogens with zero attached hydrogens (tertiary/aromatic N) is 1. The Bertz CT molecular complexity index is 248. The molecule has 0 bridgehead atoms. The second kappa shape index (κ2) is 3.31. The van der Waals surface area contributed by atoms with Gasteiger partial charge in [0, 0.05) is 31.0 Å². The predicted octanol–water partition coefficient (Wildman–Crippen LogP) is 1.42. The zero-order valence-corrected chi connectivity index (χ0v) is 7.29. The molecule has 12 heavy (non-hydrogen) atoms. The van der Waals surface area contributed by atoms with E-state index in [2.05, 4.69) is 23.0 Å². The number of hydrogen-bond acceptors (Lipinski definition) is 1. The van der Waals surface area contributed by atoms with Crippen LogP contribution in [0, 0.1) is 6.92 Å². The van der Waals surface area contributed by atoms with Gasteiger partial charge >= 0.3 is 0 Å². The number of hydrogen-bond donors (Lipinski definition) is 1. The van der Waals surface area contributed by atoms with Crippen LogP contribution in [0.15, 0.2) is 18.3 Å². The van der Waals surface area contributed by atoms with Gasteiger partial charge in [-0.25, -0.2) is 0 Å². The van der Waals surface area contributed by atoms with Crippen molar-refractivity contribution in [2.75, 3.05) is 6.54 Å². The molecule has 0 aromatic carbocycles. The summed E-state index contributed by atoms with van der Waals surface area (Å²) in [5.41, 5.74) is 1.10. The van der Waals surface area contributed by atoms with E-state index in [1.54, 1.807) is 0 Å². The average molecular weight is 163 g/mol. The molecule has 65 valence electrons. The van der Waals surface area contributed by atoms with Crippen molar-refractivity contribution in [3.8, 4) is 0 Å². The molecule has 1 saturated carbocycles. The van der Waals surface area contributed by atoms with Crippen molar-refractivity contribution >= 4 is 0 Å². The van der Waals surface area contributed by atoms with Gasteiger partial charge in [0.15, 0.2) is 0 Å². The molecule has 1 N–H and O–H groups in total. The first-order chi connectivity index (χ1) is 5.86. The highest BCUT2D eigenvalue weighted by molar-refractivity contribution is 5.09. The Hall–Kier alpha value is -0.760. The van der Waals surface area contributed by atoms with Crippen LogP contribution in [0.3, 0.4) is 0 Å². The second-order valence-electron chi connectivity index (χ2n) is 3.42. The Balaban J connectivity index is 1.75. The summed E-state index contributed by atoms with van der Waals surface area (Å²) in [6, 6.07) is 4.89. The van der Waals surface area contributed by atoms with Gasteiger partial charge in [-0.15, -0.1) is 0 Å². The Morgan fingerprint density at radius 2 is 2.42 bits per heavy atom. The molecule has 0 amide bonds. The number of rotatable bonds is 4. The first kappa shape index (κ1) is 7.87. The maximum absolute atomic E-state index is 3.93. The average Bonchev–Trinajstić information content (AvgIpc) is 2.78. The van der Waals surface area contributed by atoms with Crippen LogP contribution in [0.5, 0.6) is 0 Å². The molecule has 0 spiro atoms. The van der Waals surface area contributed by atoms with Crippen molar-refractivity contribution in [2.24, 2.45) is 0 Å². The van der Waals surface area contributed by atoms with E-state index in [-0.39, 0.29) is 0 Å². The SMILES string of the molecule is [CH2]c1cccn1CCNC1CC1. The molecule has 2 rings (SSSR count). The Kier molecular flexibility index (Phi) is 2.17. The first-order valence-corrected chi connectivity index (χ1v) is 4.57. The highest BCUT2D eigenvalue weighted by Crippen LogP contribution is 2.18. The molecule has 1 fully saturated rings. The highest BCUT2D eigenvalue weighted by Gasteiger charge is 2.19. The van der Waals surface area contributed by atoms with Crippen molar-refractivity contribution in [2.45, 2.75) is 25.4 Å². The monoisotopic (exact) mass is 163 g/mol. The largest absolute Gasteiger partial charge is 0.350 e. The van der Waals surface area contributed by atoms with Crippen LogP contribution >= 0.6 is 0 Å². The van der Waals surface area contributed by atoms with Crippen LogP contribution in [0.1, 0.15) is 18.5 Å². The van der Waals surface area contributed by atoms with E-state index in [0.717, 1.165) is 24.8 Å². The van der Waals surface area contributed by atoms with Gasteiger partial charge in [-0.2, -0.15) is 0 Å². The first-order valence-electron chi connectivity index (χ1n) is 4.57. The van der Waals surface area contributed by atoms with Gasteiger partial charge in [0.2, 0.25) is 0 Å². The van der Waals surface area contributed by atoms with E-state index >= 15 is 0 Å². The third-order valence-corrected chi connectivity index (χ3v) is 2.29. The molecule has 1 heterocycles. The lowest BCUT2D eigenvalue weighted by molar-refractivity contribution is 0.593. The molecule has 1 aromatic rings. The fourth-order valence-corrected chi connectivity index (χ4v) is 1.34. The van der Waals surface area contributed by atoms with Crippen LogP contribution < -0.4 is 5.32 Å². The Morgan fingerprint density at radius 3 is 3.00 bits per heavy atom. The maximum Gasteiger partial charge on any atom is 0.0347 e. The molecule has 0 unspecified atom stereocenters. The Labute approximate surface area is 73.6 Å². The van der Waals surface area contributed by atoms with E-state index < -0.39 is 0 Å². The zero-order chi connectivity index (χ0) is 8.39. The third-order valence-electron chi connectivity index (χ3n) is 2.29. The van der Waals surface area contributed by atoms with Crippen LogP contribution in [0.4, 0.5) is 0 Å². The van der Waals surface area contributed by atoms with Gasteiger partial charge in [0.25, 0.3) is 0 Å². The van der Waals surface area contributed by atoms with E-state index in [4.69, 9.17) is 0 Å². The lowest BCUT2D eigenvalue weighted by Crippen LogP contribution is -2.21. The van der Waals surface area contributed by atoms with Gasteiger partial charge in [-0.05, 0) is 31.9 Å². The summed E-state index contributed by atoms with van der Waals surface area (Å²) in [5, 5.41) is 3.47. The minimum atomic E-state index is 0.814. The fraction of sp³-hybridized carbons (Fsp3) is 0.500. The quantitative estimate of drug-likeness (QED) is 0.710. The minimum Gasteiger partial charge on any atom is -0.350 e. The van der Waals surface area contributed by atoms with Crippen molar-refractivity contribution in [1.82, 2.24) is 9.88 Å². The van der Waals surface area contributed by atoms with Crippen LogP contribution in [-0.2, 0) is 6.54 Å².